The van der Waals surface area contributed by atoms with Crippen molar-refractivity contribution in [2.24, 2.45) is 0 Å². The van der Waals surface area contributed by atoms with Gasteiger partial charge < -0.3 is 9.13 Å². The second-order valence-corrected chi connectivity index (χ2v) is 18.7. The summed E-state index contributed by atoms with van der Waals surface area (Å²) >= 11 is 0. The van der Waals surface area contributed by atoms with Gasteiger partial charge in [-0.05, 0) is 137 Å². The van der Waals surface area contributed by atoms with Crippen molar-refractivity contribution in [3.8, 4) is 33.6 Å². The second-order valence-electron chi connectivity index (χ2n) is 18.7. The van der Waals surface area contributed by atoms with Crippen LogP contribution in [0.25, 0.3) is 77.2 Å². The van der Waals surface area contributed by atoms with Gasteiger partial charge in [0.1, 0.15) is 11.6 Å². The van der Waals surface area contributed by atoms with E-state index in [0.717, 1.165) is 107 Å². The summed E-state index contributed by atoms with van der Waals surface area (Å²) in [4.78, 5) is 0. The Morgan fingerprint density at radius 2 is 0.710 bits per heavy atom. The van der Waals surface area contributed by atoms with Gasteiger partial charge in [-0.2, -0.15) is 0 Å². The van der Waals surface area contributed by atoms with Gasteiger partial charge in [0, 0.05) is 43.8 Å². The molecule has 2 aliphatic carbocycles. The van der Waals surface area contributed by atoms with Gasteiger partial charge in [0.25, 0.3) is 0 Å². The van der Waals surface area contributed by atoms with E-state index in [4.69, 9.17) is 0 Å². The third kappa shape index (κ3) is 6.23. The van der Waals surface area contributed by atoms with Crippen LogP contribution in [0.15, 0.2) is 121 Å². The number of aryl methyl sites for hydroxylation is 4. The first-order valence-electron chi connectivity index (χ1n) is 23.0. The van der Waals surface area contributed by atoms with E-state index in [1.165, 1.54) is 57.0 Å². The Bertz CT molecular complexity index is 3010. The molecule has 0 spiro atoms. The molecule has 4 heteroatoms. The van der Waals surface area contributed by atoms with Crippen molar-refractivity contribution in [3.05, 3.63) is 166 Å². The van der Waals surface area contributed by atoms with Gasteiger partial charge in [0.05, 0.1) is 33.4 Å². The third-order valence-corrected chi connectivity index (χ3v) is 14.4. The molecular weight excluding hydrogens is 763 g/mol. The fraction of sp³-hybridized carbons (Fsp3) is 0.276. The van der Waals surface area contributed by atoms with Gasteiger partial charge in [0.15, 0.2) is 0 Å². The molecule has 62 heavy (non-hydrogen) atoms. The highest BCUT2D eigenvalue weighted by molar-refractivity contribution is 6.13. The standard InChI is InChI=1S/C58H54F2N2/c1-35-23-27-49-43(31-35)44-32-36(2)24-28-50(44)61(49)57-53(39-15-7-5-8-16-39)55(41-19-11-13-21-47(41)59)58(56(42-20-12-14-22-48(42)60)54(57)40-17-9-6-10-18-40)62-51-29-25-37(3)33-45(51)46-34-38(4)26-30-52(46)62/h11-14,19-34,39-40H,5-10,15-18H2,1-4H3. The summed E-state index contributed by atoms with van der Waals surface area (Å²) in [5.74, 6) is -0.208. The average Bonchev–Trinajstić information content (AvgIpc) is 3.76. The maximum atomic E-state index is 17.4. The summed E-state index contributed by atoms with van der Waals surface area (Å²) in [6.07, 6.45) is 10.9. The Morgan fingerprint density at radius 1 is 0.387 bits per heavy atom. The van der Waals surface area contributed by atoms with Crippen LogP contribution in [0.1, 0.15) is 109 Å². The molecule has 2 heterocycles. The SMILES string of the molecule is Cc1ccc2c(c1)c1cc(C)ccc1n2-c1c(-c2ccccc2F)c(C2CCCCC2)c(-n2c3ccc(C)cc3c3cc(C)ccc32)c(C2CCCCC2)c1-c1ccccc1F. The molecule has 0 unspecified atom stereocenters. The summed E-state index contributed by atoms with van der Waals surface area (Å²) in [6, 6.07) is 41.9. The highest BCUT2D eigenvalue weighted by atomic mass is 19.1. The first-order valence-corrected chi connectivity index (χ1v) is 23.0. The summed E-state index contributed by atoms with van der Waals surface area (Å²) in [7, 11) is 0. The number of hydrogen-bond acceptors (Lipinski definition) is 0. The lowest BCUT2D eigenvalue weighted by atomic mass is 9.72. The molecule has 2 aromatic heterocycles. The Kier molecular flexibility index (Phi) is 9.67. The van der Waals surface area contributed by atoms with Crippen molar-refractivity contribution in [2.45, 2.75) is 104 Å². The monoisotopic (exact) mass is 816 g/mol. The van der Waals surface area contributed by atoms with E-state index >= 15 is 8.78 Å². The van der Waals surface area contributed by atoms with Crippen molar-refractivity contribution < 1.29 is 8.78 Å². The molecule has 2 fully saturated rings. The number of fused-ring (bicyclic) bond motifs is 6. The summed E-state index contributed by atoms with van der Waals surface area (Å²) in [5.41, 5.74) is 16.5. The van der Waals surface area contributed by atoms with Crippen molar-refractivity contribution >= 4 is 43.6 Å². The fourth-order valence-corrected chi connectivity index (χ4v) is 11.7. The lowest BCUT2D eigenvalue weighted by Crippen LogP contribution is -2.20. The molecule has 0 N–H and O–H groups in total. The minimum Gasteiger partial charge on any atom is -0.309 e. The van der Waals surface area contributed by atoms with E-state index in [2.05, 4.69) is 110 Å². The second kappa shape index (κ2) is 15.4. The van der Waals surface area contributed by atoms with Gasteiger partial charge in [0.2, 0.25) is 0 Å². The van der Waals surface area contributed by atoms with Gasteiger partial charge in [-0.15, -0.1) is 0 Å². The van der Waals surface area contributed by atoms with Gasteiger partial charge >= 0.3 is 0 Å². The molecule has 11 rings (SSSR count). The van der Waals surface area contributed by atoms with Crippen molar-refractivity contribution in [3.63, 3.8) is 0 Å². The van der Waals surface area contributed by atoms with Crippen molar-refractivity contribution in [2.75, 3.05) is 0 Å². The number of rotatable bonds is 6. The van der Waals surface area contributed by atoms with E-state index in [-0.39, 0.29) is 23.5 Å². The summed E-state index contributed by atoms with van der Waals surface area (Å²) in [6.45, 7) is 8.66. The molecule has 0 bridgehead atoms. The minimum atomic E-state index is -0.261. The van der Waals surface area contributed by atoms with Crippen LogP contribution in [0.4, 0.5) is 8.78 Å². The van der Waals surface area contributed by atoms with E-state index in [1.807, 2.05) is 24.3 Å². The smallest absolute Gasteiger partial charge is 0.131 e. The molecule has 7 aromatic carbocycles. The van der Waals surface area contributed by atoms with Crippen molar-refractivity contribution in [1.82, 2.24) is 9.13 Å². The largest absolute Gasteiger partial charge is 0.309 e. The van der Waals surface area contributed by atoms with E-state index in [0.29, 0.717) is 11.1 Å². The minimum absolute atomic E-state index is 0.157. The van der Waals surface area contributed by atoms with Crippen LogP contribution in [0.5, 0.6) is 0 Å². The maximum absolute atomic E-state index is 17.4. The fourth-order valence-electron chi connectivity index (χ4n) is 11.7. The normalized spacial score (nSPS) is 15.5. The zero-order chi connectivity index (χ0) is 42.2. The highest BCUT2D eigenvalue weighted by Gasteiger charge is 2.38. The topological polar surface area (TPSA) is 9.86 Å². The van der Waals surface area contributed by atoms with Crippen LogP contribution in [0.2, 0.25) is 0 Å². The van der Waals surface area contributed by atoms with Gasteiger partial charge in [-0.3, -0.25) is 0 Å². The molecule has 310 valence electrons. The maximum Gasteiger partial charge on any atom is 0.131 e. The highest BCUT2D eigenvalue weighted by Crippen LogP contribution is 2.56. The molecule has 9 aromatic rings. The quantitative estimate of drug-likeness (QED) is 0.158. The lowest BCUT2D eigenvalue weighted by Gasteiger charge is -2.37. The predicted octanol–water partition coefficient (Wildman–Crippen LogP) is 16.8. The van der Waals surface area contributed by atoms with Crippen LogP contribution in [-0.2, 0) is 0 Å². The molecule has 2 nitrogen and oxygen atoms in total. The van der Waals surface area contributed by atoms with Gasteiger partial charge in [-0.1, -0.05) is 121 Å². The van der Waals surface area contributed by atoms with Crippen LogP contribution in [-0.4, -0.2) is 9.13 Å². The Hall–Kier alpha value is -6.00. The number of hydrogen-bond donors (Lipinski definition) is 0. The zero-order valence-corrected chi connectivity index (χ0v) is 36.4. The first kappa shape index (κ1) is 38.9. The summed E-state index contributed by atoms with van der Waals surface area (Å²) < 4.78 is 39.8. The zero-order valence-electron chi connectivity index (χ0n) is 36.4. The van der Waals surface area contributed by atoms with Crippen LogP contribution < -0.4 is 0 Å². The number of aromatic nitrogens is 2. The molecule has 0 radical (unpaired) electrons. The molecule has 2 saturated carbocycles. The van der Waals surface area contributed by atoms with E-state index in [1.54, 1.807) is 24.3 Å². The Labute approximate surface area is 363 Å². The molecule has 0 aliphatic heterocycles. The Morgan fingerprint density at radius 3 is 1.05 bits per heavy atom. The van der Waals surface area contributed by atoms with E-state index in [9.17, 15) is 0 Å². The number of halogens is 2. The predicted molar refractivity (Wildman–Crippen MR) is 257 cm³/mol. The van der Waals surface area contributed by atoms with Crippen molar-refractivity contribution in [1.29, 1.82) is 0 Å². The van der Waals surface area contributed by atoms with Crippen LogP contribution in [0, 0.1) is 39.3 Å². The van der Waals surface area contributed by atoms with Crippen LogP contribution >= 0.6 is 0 Å². The van der Waals surface area contributed by atoms with Crippen LogP contribution in [0.3, 0.4) is 0 Å². The first-order chi connectivity index (χ1) is 30.3. The molecular formula is C58H54F2N2. The third-order valence-electron chi connectivity index (χ3n) is 14.4. The Balaban J connectivity index is 1.48. The number of nitrogens with zero attached hydrogens (tertiary/aromatic N) is 2. The molecule has 2 aliphatic rings. The lowest BCUT2D eigenvalue weighted by molar-refractivity contribution is 0.435. The molecule has 0 saturated heterocycles. The van der Waals surface area contributed by atoms with Gasteiger partial charge in [-0.25, -0.2) is 8.78 Å². The average molecular weight is 817 g/mol. The van der Waals surface area contributed by atoms with E-state index < -0.39 is 0 Å². The number of benzene rings is 7. The summed E-state index contributed by atoms with van der Waals surface area (Å²) in [5, 5.41) is 4.73. The molecule has 0 amide bonds. The molecule has 0 atom stereocenters.